The Morgan fingerprint density at radius 3 is 2.11 bits per heavy atom. The molecule has 0 spiro atoms. The molecule has 2 rings (SSSR count). The first-order chi connectivity index (χ1) is 7.89. The summed E-state index contributed by atoms with van der Waals surface area (Å²) in [5.74, 6) is 0.361. The molecule has 1 nitrogen and oxygen atoms in total. The number of allylic oxidation sites excluding steroid dienone is 4. The third-order valence-electron chi connectivity index (χ3n) is 2.51. The van der Waals surface area contributed by atoms with Crippen molar-refractivity contribution < 1.29 is 26.8 Å². The van der Waals surface area contributed by atoms with Crippen molar-refractivity contribution in [3.63, 3.8) is 0 Å². The number of benzene rings is 1. The first-order valence-corrected chi connectivity index (χ1v) is 5.92. The van der Waals surface area contributed by atoms with Crippen molar-refractivity contribution in [2.45, 2.75) is 39.5 Å². The van der Waals surface area contributed by atoms with Crippen LogP contribution < -0.4 is 0 Å². The standard InChI is InChI=1S/C11H16O.C5H5.ClH.Ti/c1-8-5-9(11(2,3)4)7-10(12)6-8;1-2-4-5-3-1;;/h5-7,12H,1-4H3;1-3H,4H2;1H;/q;-1;;. The van der Waals surface area contributed by atoms with Crippen molar-refractivity contribution in [2.24, 2.45) is 0 Å². The second kappa shape index (κ2) is 9.41. The van der Waals surface area contributed by atoms with E-state index in [1.807, 2.05) is 25.1 Å². The molecule has 0 bridgehead atoms. The Balaban J connectivity index is 0. The van der Waals surface area contributed by atoms with Gasteiger partial charge in [-0.2, -0.15) is 6.08 Å². The predicted molar refractivity (Wildman–Crippen MR) is 80.4 cm³/mol. The minimum absolute atomic E-state index is 0. The summed E-state index contributed by atoms with van der Waals surface area (Å²) in [4.78, 5) is 0. The van der Waals surface area contributed by atoms with E-state index in [2.05, 4.69) is 39.0 Å². The van der Waals surface area contributed by atoms with Crippen LogP contribution in [0.3, 0.4) is 0 Å². The van der Waals surface area contributed by atoms with Gasteiger partial charge in [0.15, 0.2) is 0 Å². The van der Waals surface area contributed by atoms with Crippen LogP contribution in [0.2, 0.25) is 0 Å². The van der Waals surface area contributed by atoms with Gasteiger partial charge in [-0.3, -0.25) is 6.08 Å². The zero-order chi connectivity index (χ0) is 12.9. The average molecular weight is 314 g/mol. The van der Waals surface area contributed by atoms with Crippen molar-refractivity contribution in [1.82, 2.24) is 0 Å². The summed E-state index contributed by atoms with van der Waals surface area (Å²) in [6, 6.07) is 5.71. The summed E-state index contributed by atoms with van der Waals surface area (Å²) >= 11 is 0. The van der Waals surface area contributed by atoms with Crippen LogP contribution in [0.25, 0.3) is 0 Å². The van der Waals surface area contributed by atoms with E-state index in [4.69, 9.17) is 0 Å². The largest absolute Gasteiger partial charge is 0.508 e. The average Bonchev–Trinajstić information content (AvgIpc) is 2.72. The second-order valence-corrected chi connectivity index (χ2v) is 5.31. The Morgan fingerprint density at radius 1 is 1.16 bits per heavy atom. The molecule has 0 radical (unpaired) electrons. The molecule has 1 aromatic rings. The maximum Gasteiger partial charge on any atom is 0.116 e. The van der Waals surface area contributed by atoms with Crippen molar-refractivity contribution in [3.8, 4) is 5.75 Å². The van der Waals surface area contributed by atoms with Crippen LogP contribution in [-0.2, 0) is 27.1 Å². The molecular formula is C16H22ClOTi-. The van der Waals surface area contributed by atoms with Crippen LogP contribution in [0.4, 0.5) is 0 Å². The Hall–Kier alpha value is -0.496. The molecule has 0 aromatic heterocycles. The molecule has 104 valence electrons. The zero-order valence-electron chi connectivity index (χ0n) is 12.0. The number of halogens is 1. The van der Waals surface area contributed by atoms with E-state index in [9.17, 15) is 5.11 Å². The topological polar surface area (TPSA) is 20.2 Å². The number of phenolic OH excluding ortho intramolecular Hbond substituents is 1. The molecule has 1 N–H and O–H groups in total. The summed E-state index contributed by atoms with van der Waals surface area (Å²) in [7, 11) is 0. The Labute approximate surface area is 138 Å². The SMILES string of the molecule is Cc1cc(O)cc(C(C)(C)C)c1.Cl.[C-]1=CC=CC1.[Ti]. The van der Waals surface area contributed by atoms with E-state index < -0.39 is 0 Å². The summed E-state index contributed by atoms with van der Waals surface area (Å²) in [5.41, 5.74) is 2.41. The Bertz CT molecular complexity index is 401. The van der Waals surface area contributed by atoms with Crippen molar-refractivity contribution in [2.75, 3.05) is 0 Å². The fourth-order valence-corrected chi connectivity index (χ4v) is 1.54. The van der Waals surface area contributed by atoms with Gasteiger partial charge in [-0.25, -0.2) is 12.2 Å². The minimum atomic E-state index is 0. The third kappa shape index (κ3) is 8.31. The van der Waals surface area contributed by atoms with E-state index >= 15 is 0 Å². The molecule has 0 fully saturated rings. The first kappa shape index (κ1) is 20.8. The van der Waals surface area contributed by atoms with Crippen LogP contribution in [0, 0.1) is 13.0 Å². The molecule has 0 unspecified atom stereocenters. The molecule has 1 aliphatic carbocycles. The Kier molecular flexibility index (Phi) is 10.3. The van der Waals surface area contributed by atoms with Crippen LogP contribution >= 0.6 is 12.4 Å². The van der Waals surface area contributed by atoms with Gasteiger partial charge in [0.2, 0.25) is 0 Å². The van der Waals surface area contributed by atoms with Gasteiger partial charge < -0.3 is 5.11 Å². The molecular weight excluding hydrogens is 291 g/mol. The first-order valence-electron chi connectivity index (χ1n) is 5.92. The van der Waals surface area contributed by atoms with Crippen LogP contribution in [0.5, 0.6) is 5.75 Å². The molecule has 3 heteroatoms. The van der Waals surface area contributed by atoms with Crippen LogP contribution in [-0.4, -0.2) is 5.11 Å². The zero-order valence-corrected chi connectivity index (χ0v) is 14.4. The molecule has 0 aliphatic heterocycles. The minimum Gasteiger partial charge on any atom is -0.508 e. The maximum atomic E-state index is 9.36. The molecule has 0 heterocycles. The number of hydrogen-bond acceptors (Lipinski definition) is 1. The fraction of sp³-hybridized carbons (Fsp3) is 0.375. The Morgan fingerprint density at radius 2 is 1.79 bits per heavy atom. The van der Waals surface area contributed by atoms with Gasteiger partial charge in [0.25, 0.3) is 0 Å². The van der Waals surface area contributed by atoms with E-state index in [-0.39, 0.29) is 39.5 Å². The van der Waals surface area contributed by atoms with Gasteiger partial charge in [0, 0.05) is 21.7 Å². The summed E-state index contributed by atoms with van der Waals surface area (Å²) < 4.78 is 0. The predicted octanol–water partition coefficient (Wildman–Crippen LogP) is 4.72. The number of aromatic hydroxyl groups is 1. The molecule has 1 aliphatic rings. The quantitative estimate of drug-likeness (QED) is 0.542. The summed E-state index contributed by atoms with van der Waals surface area (Å²) in [6.07, 6.45) is 10.0. The molecule has 0 atom stereocenters. The van der Waals surface area contributed by atoms with Gasteiger partial charge in [-0.15, -0.1) is 18.8 Å². The normalized spacial score (nSPS) is 12.0. The van der Waals surface area contributed by atoms with E-state index in [0.717, 1.165) is 12.0 Å². The van der Waals surface area contributed by atoms with Gasteiger partial charge >= 0.3 is 0 Å². The molecule has 0 amide bonds. The summed E-state index contributed by atoms with van der Waals surface area (Å²) in [6.45, 7) is 8.42. The van der Waals surface area contributed by atoms with Gasteiger partial charge in [0.1, 0.15) is 5.75 Å². The van der Waals surface area contributed by atoms with Crippen LogP contribution in [0.1, 0.15) is 38.3 Å². The van der Waals surface area contributed by atoms with Gasteiger partial charge in [-0.1, -0.05) is 26.8 Å². The van der Waals surface area contributed by atoms with Gasteiger partial charge in [0.05, 0.1) is 0 Å². The van der Waals surface area contributed by atoms with E-state index in [1.54, 1.807) is 6.07 Å². The maximum absolute atomic E-state index is 9.36. The van der Waals surface area contributed by atoms with Gasteiger partial charge in [-0.05, 0) is 35.6 Å². The number of phenols is 1. The van der Waals surface area contributed by atoms with Crippen molar-refractivity contribution in [1.29, 1.82) is 0 Å². The number of hydrogen-bond donors (Lipinski definition) is 1. The second-order valence-electron chi connectivity index (χ2n) is 5.31. The number of rotatable bonds is 0. The third-order valence-corrected chi connectivity index (χ3v) is 2.51. The molecule has 19 heavy (non-hydrogen) atoms. The van der Waals surface area contributed by atoms with E-state index in [0.29, 0.717) is 5.75 Å². The fourth-order valence-electron chi connectivity index (χ4n) is 1.54. The van der Waals surface area contributed by atoms with Crippen LogP contribution in [0.15, 0.2) is 36.4 Å². The van der Waals surface area contributed by atoms with Crippen molar-refractivity contribution in [3.05, 3.63) is 53.6 Å². The van der Waals surface area contributed by atoms with Crippen molar-refractivity contribution >= 4 is 12.4 Å². The number of aryl methyl sites for hydroxylation is 1. The van der Waals surface area contributed by atoms with E-state index in [1.165, 1.54) is 5.56 Å². The molecule has 0 saturated heterocycles. The smallest absolute Gasteiger partial charge is 0.116 e. The summed E-state index contributed by atoms with van der Waals surface area (Å²) in [5, 5.41) is 9.36. The monoisotopic (exact) mass is 313 g/mol. The molecule has 1 aromatic carbocycles. The molecule has 0 saturated carbocycles.